The summed E-state index contributed by atoms with van der Waals surface area (Å²) in [5, 5.41) is 3.13. The van der Waals surface area contributed by atoms with E-state index < -0.39 is 0 Å². The molecule has 0 bridgehead atoms. The fraction of sp³-hybridized carbons (Fsp3) is 0.500. The van der Waals surface area contributed by atoms with Gasteiger partial charge in [0.15, 0.2) is 0 Å². The maximum absolute atomic E-state index is 9.57. The van der Waals surface area contributed by atoms with E-state index in [0.717, 1.165) is 30.5 Å². The van der Waals surface area contributed by atoms with Crippen molar-refractivity contribution < 1.29 is 9.59 Å². The van der Waals surface area contributed by atoms with E-state index >= 15 is 0 Å². The molecule has 1 aromatic rings. The van der Waals surface area contributed by atoms with Gasteiger partial charge in [-0.1, -0.05) is 0 Å². The van der Waals surface area contributed by atoms with E-state index in [9.17, 15) is 4.79 Å². The summed E-state index contributed by atoms with van der Waals surface area (Å²) in [5.41, 5.74) is 8.73. The molecule has 0 aliphatic carbocycles. The van der Waals surface area contributed by atoms with Gasteiger partial charge in [0.05, 0.1) is 17.9 Å². The first-order valence-electron chi connectivity index (χ1n) is 7.14. The molecule has 3 N–H and O–H groups in total. The number of nitrogens with one attached hydrogen (secondary N) is 1. The van der Waals surface area contributed by atoms with Crippen LogP contribution in [0.1, 0.15) is 13.8 Å². The van der Waals surface area contributed by atoms with Gasteiger partial charge in [0.2, 0.25) is 0 Å². The van der Waals surface area contributed by atoms with E-state index in [-0.39, 0.29) is 0 Å². The fourth-order valence-electron chi connectivity index (χ4n) is 1.41. The van der Waals surface area contributed by atoms with Gasteiger partial charge >= 0.3 is 0 Å². The quantitative estimate of drug-likeness (QED) is 0.637. The molecule has 0 spiro atoms. The minimum absolute atomic E-state index is 0.528. The summed E-state index contributed by atoms with van der Waals surface area (Å²) in [7, 11) is 7.68. The molecule has 6 heteroatoms. The van der Waals surface area contributed by atoms with Crippen LogP contribution in [0.2, 0.25) is 0 Å². The predicted molar refractivity (Wildman–Crippen MR) is 95.7 cm³/mol. The Hall–Kier alpha value is -2.08. The molecule has 0 aliphatic rings. The van der Waals surface area contributed by atoms with Gasteiger partial charge in [-0.15, -0.1) is 0 Å². The number of rotatable bonds is 5. The minimum Gasteiger partial charge on any atom is -0.399 e. The van der Waals surface area contributed by atoms with Crippen LogP contribution in [0.15, 0.2) is 18.2 Å². The summed E-state index contributed by atoms with van der Waals surface area (Å²) in [6.07, 6.45) is 1.62. The van der Waals surface area contributed by atoms with E-state index in [1.165, 1.54) is 12.6 Å². The van der Waals surface area contributed by atoms with Crippen LogP contribution in [0, 0.1) is 0 Å². The third kappa shape index (κ3) is 10.7. The van der Waals surface area contributed by atoms with Gasteiger partial charge in [-0.05, 0) is 46.1 Å². The van der Waals surface area contributed by atoms with Crippen molar-refractivity contribution in [2.24, 2.45) is 0 Å². The molecule has 0 amide bonds. The SMILES string of the molecule is CC=O.CCN(C)c1ccc(N)cc1NC.CN(C)CC=O. The number of hydrogen-bond acceptors (Lipinski definition) is 6. The molecule has 126 valence electrons. The highest BCUT2D eigenvalue weighted by molar-refractivity contribution is 5.73. The summed E-state index contributed by atoms with van der Waals surface area (Å²) in [6, 6.07) is 5.90. The zero-order valence-corrected chi connectivity index (χ0v) is 14.6. The molecule has 0 radical (unpaired) electrons. The molecule has 1 rings (SSSR count). The first-order valence-corrected chi connectivity index (χ1v) is 7.14. The van der Waals surface area contributed by atoms with E-state index in [1.807, 2.05) is 44.2 Å². The lowest BCUT2D eigenvalue weighted by atomic mass is 10.2. The number of likely N-dealkylation sites (N-methyl/N-ethyl adjacent to an activating group) is 1. The van der Waals surface area contributed by atoms with Crippen LogP contribution < -0.4 is 16.0 Å². The molecule has 22 heavy (non-hydrogen) atoms. The van der Waals surface area contributed by atoms with Crippen molar-refractivity contribution in [3.05, 3.63) is 18.2 Å². The molecule has 0 saturated heterocycles. The van der Waals surface area contributed by atoms with Crippen molar-refractivity contribution >= 4 is 29.6 Å². The maximum Gasteiger partial charge on any atom is 0.133 e. The Kier molecular flexibility index (Phi) is 14.0. The van der Waals surface area contributed by atoms with Gasteiger partial charge in [-0.3, -0.25) is 0 Å². The number of carbonyl (C=O) groups is 2. The maximum atomic E-state index is 9.57. The summed E-state index contributed by atoms with van der Waals surface area (Å²) in [6.45, 7) is 5.08. The minimum atomic E-state index is 0.528. The van der Waals surface area contributed by atoms with Gasteiger partial charge in [-0.2, -0.15) is 0 Å². The van der Waals surface area contributed by atoms with E-state index in [0.29, 0.717) is 6.54 Å². The third-order valence-corrected chi connectivity index (χ3v) is 2.62. The van der Waals surface area contributed by atoms with Crippen molar-refractivity contribution in [2.75, 3.05) is 57.2 Å². The molecular formula is C16H30N4O2. The monoisotopic (exact) mass is 310 g/mol. The largest absolute Gasteiger partial charge is 0.399 e. The Balaban J connectivity index is 0. The zero-order valence-electron chi connectivity index (χ0n) is 14.6. The fourth-order valence-corrected chi connectivity index (χ4v) is 1.41. The highest BCUT2D eigenvalue weighted by Crippen LogP contribution is 2.26. The first kappa shape index (κ1) is 22.2. The predicted octanol–water partition coefficient (Wildman–Crippen LogP) is 1.72. The standard InChI is InChI=1S/C10H17N3.C4H9NO.C2H4O/c1-4-13(3)10-6-5-8(11)7-9(10)12-2;1-5(2)3-4-6;1-2-3/h5-7,12H,4,11H2,1-3H3;4H,3H2,1-2H3;2H,1H3. The molecule has 0 heterocycles. The Bertz CT molecular complexity index is 423. The third-order valence-electron chi connectivity index (χ3n) is 2.62. The van der Waals surface area contributed by atoms with Crippen LogP contribution in [0.3, 0.4) is 0 Å². The van der Waals surface area contributed by atoms with Crippen molar-refractivity contribution in [3.63, 3.8) is 0 Å². The normalized spacial score (nSPS) is 8.86. The van der Waals surface area contributed by atoms with Crippen molar-refractivity contribution in [2.45, 2.75) is 13.8 Å². The average molecular weight is 310 g/mol. The molecule has 6 nitrogen and oxygen atoms in total. The Morgan fingerprint density at radius 1 is 1.23 bits per heavy atom. The number of nitrogens with zero attached hydrogens (tertiary/aromatic N) is 2. The van der Waals surface area contributed by atoms with E-state index in [2.05, 4.69) is 24.2 Å². The number of hydrogen-bond donors (Lipinski definition) is 2. The van der Waals surface area contributed by atoms with Crippen LogP contribution in [0.4, 0.5) is 17.1 Å². The van der Waals surface area contributed by atoms with Crippen molar-refractivity contribution in [1.82, 2.24) is 4.90 Å². The average Bonchev–Trinajstić information content (AvgIpc) is 2.47. The highest BCUT2D eigenvalue weighted by Gasteiger charge is 2.04. The molecule has 0 aromatic heterocycles. The second-order valence-electron chi connectivity index (χ2n) is 4.71. The van der Waals surface area contributed by atoms with Crippen LogP contribution in [0.5, 0.6) is 0 Å². The second kappa shape index (κ2) is 13.9. The van der Waals surface area contributed by atoms with Crippen LogP contribution in [-0.4, -0.2) is 58.8 Å². The molecule has 0 atom stereocenters. The molecule has 1 aromatic carbocycles. The van der Waals surface area contributed by atoms with Crippen molar-refractivity contribution in [3.8, 4) is 0 Å². The smallest absolute Gasteiger partial charge is 0.133 e. The van der Waals surface area contributed by atoms with Gasteiger partial charge < -0.3 is 30.4 Å². The number of nitrogen functional groups attached to an aromatic ring is 1. The van der Waals surface area contributed by atoms with Crippen LogP contribution >= 0.6 is 0 Å². The number of carbonyl (C=O) groups excluding carboxylic acids is 2. The van der Waals surface area contributed by atoms with Crippen LogP contribution in [0.25, 0.3) is 0 Å². The lowest BCUT2D eigenvalue weighted by Crippen LogP contribution is -2.17. The van der Waals surface area contributed by atoms with Crippen molar-refractivity contribution in [1.29, 1.82) is 0 Å². The lowest BCUT2D eigenvalue weighted by molar-refractivity contribution is -0.108. The van der Waals surface area contributed by atoms with E-state index in [4.69, 9.17) is 10.5 Å². The summed E-state index contributed by atoms with van der Waals surface area (Å²) in [5.74, 6) is 0. The topological polar surface area (TPSA) is 78.7 Å². The highest BCUT2D eigenvalue weighted by atomic mass is 16.1. The number of aldehydes is 2. The summed E-state index contributed by atoms with van der Waals surface area (Å²) in [4.78, 5) is 22.4. The van der Waals surface area contributed by atoms with Gasteiger partial charge in [0.1, 0.15) is 12.6 Å². The van der Waals surface area contributed by atoms with Gasteiger partial charge in [0, 0.05) is 26.3 Å². The molecule has 0 unspecified atom stereocenters. The first-order chi connectivity index (χ1) is 10.4. The molecule has 0 aliphatic heterocycles. The zero-order chi connectivity index (χ0) is 17.5. The lowest BCUT2D eigenvalue weighted by Gasteiger charge is -2.20. The Morgan fingerprint density at radius 2 is 1.77 bits per heavy atom. The number of anilines is 3. The number of benzene rings is 1. The van der Waals surface area contributed by atoms with Crippen LogP contribution in [-0.2, 0) is 9.59 Å². The van der Waals surface area contributed by atoms with E-state index in [1.54, 1.807) is 0 Å². The van der Waals surface area contributed by atoms with Gasteiger partial charge in [0.25, 0.3) is 0 Å². The summed E-state index contributed by atoms with van der Waals surface area (Å²) >= 11 is 0. The van der Waals surface area contributed by atoms with Gasteiger partial charge in [-0.25, -0.2) is 0 Å². The molecule has 0 saturated carbocycles. The Morgan fingerprint density at radius 3 is 2.09 bits per heavy atom. The number of nitrogens with two attached hydrogens (primary N) is 1. The molecular weight excluding hydrogens is 280 g/mol. The Labute approximate surface area is 134 Å². The summed E-state index contributed by atoms with van der Waals surface area (Å²) < 4.78 is 0. The second-order valence-corrected chi connectivity index (χ2v) is 4.71. The molecule has 0 fully saturated rings.